The lowest BCUT2D eigenvalue weighted by Gasteiger charge is -2.20. The molecule has 2 heteroatoms. The molecule has 86 valence electrons. The van der Waals surface area contributed by atoms with Crippen molar-refractivity contribution in [1.82, 2.24) is 5.32 Å². The molecule has 2 nitrogen and oxygen atoms in total. The highest BCUT2D eigenvalue weighted by Gasteiger charge is 2.18. The summed E-state index contributed by atoms with van der Waals surface area (Å²) < 4.78 is 0. The van der Waals surface area contributed by atoms with Crippen molar-refractivity contribution in [3.63, 3.8) is 0 Å². The van der Waals surface area contributed by atoms with Gasteiger partial charge >= 0.3 is 0 Å². The number of nitrogens with zero attached hydrogens (tertiary/aromatic N) is 1. The molecule has 0 radical (unpaired) electrons. The Morgan fingerprint density at radius 2 is 2.00 bits per heavy atom. The fraction of sp³-hybridized carbons (Fsp3) is 0.571. The molecule has 1 unspecified atom stereocenters. The van der Waals surface area contributed by atoms with Gasteiger partial charge in [-0.05, 0) is 49.9 Å². The minimum absolute atomic E-state index is 0.600. The van der Waals surface area contributed by atoms with Crippen LogP contribution in [0.3, 0.4) is 0 Å². The van der Waals surface area contributed by atoms with Crippen LogP contribution < -0.4 is 10.2 Å². The predicted molar refractivity (Wildman–Crippen MR) is 67.9 cm³/mol. The van der Waals surface area contributed by atoms with Gasteiger partial charge < -0.3 is 10.2 Å². The molecule has 0 spiro atoms. The van der Waals surface area contributed by atoms with Crippen LogP contribution in [0.25, 0.3) is 0 Å². The number of rotatable bonds is 2. The van der Waals surface area contributed by atoms with E-state index >= 15 is 0 Å². The van der Waals surface area contributed by atoms with Crippen molar-refractivity contribution in [3.8, 4) is 0 Å². The van der Waals surface area contributed by atoms with E-state index in [1.54, 1.807) is 0 Å². The van der Waals surface area contributed by atoms with Crippen LogP contribution in [0.2, 0.25) is 0 Å². The Morgan fingerprint density at radius 3 is 2.75 bits per heavy atom. The van der Waals surface area contributed by atoms with Gasteiger partial charge in [-0.15, -0.1) is 0 Å². The molecule has 2 saturated heterocycles. The number of hydrogen-bond acceptors (Lipinski definition) is 2. The summed E-state index contributed by atoms with van der Waals surface area (Å²) in [6.07, 6.45) is 5.32. The smallest absolute Gasteiger partial charge is 0.0369 e. The molecule has 3 rings (SSSR count). The van der Waals surface area contributed by atoms with E-state index in [0.29, 0.717) is 6.04 Å². The van der Waals surface area contributed by atoms with E-state index in [4.69, 9.17) is 0 Å². The van der Waals surface area contributed by atoms with Gasteiger partial charge in [-0.1, -0.05) is 12.1 Å². The van der Waals surface area contributed by atoms with E-state index in [1.165, 1.54) is 56.6 Å². The van der Waals surface area contributed by atoms with E-state index in [2.05, 4.69) is 34.5 Å². The first-order valence-corrected chi connectivity index (χ1v) is 6.52. The first kappa shape index (κ1) is 10.2. The van der Waals surface area contributed by atoms with E-state index in [0.717, 1.165) is 0 Å². The Balaban J connectivity index is 1.81. The van der Waals surface area contributed by atoms with Crippen molar-refractivity contribution in [2.45, 2.75) is 31.7 Å². The number of benzene rings is 1. The summed E-state index contributed by atoms with van der Waals surface area (Å²) in [6, 6.07) is 9.71. The van der Waals surface area contributed by atoms with Crippen molar-refractivity contribution in [2.24, 2.45) is 0 Å². The first-order valence-electron chi connectivity index (χ1n) is 6.52. The number of anilines is 1. The Kier molecular flexibility index (Phi) is 2.83. The van der Waals surface area contributed by atoms with E-state index in [1.807, 2.05) is 0 Å². The SMILES string of the molecule is c1cc(C2CCCN2)cc(N2CCCC2)c1. The fourth-order valence-electron chi connectivity index (χ4n) is 2.88. The lowest BCUT2D eigenvalue weighted by Crippen LogP contribution is -2.18. The van der Waals surface area contributed by atoms with Crippen LogP contribution in [-0.4, -0.2) is 19.6 Å². The quantitative estimate of drug-likeness (QED) is 0.817. The maximum Gasteiger partial charge on any atom is 0.0369 e. The van der Waals surface area contributed by atoms with Crippen LogP contribution in [0.5, 0.6) is 0 Å². The lowest BCUT2D eigenvalue weighted by molar-refractivity contribution is 0.647. The average Bonchev–Trinajstić information content (AvgIpc) is 3.03. The Morgan fingerprint density at radius 1 is 1.12 bits per heavy atom. The summed E-state index contributed by atoms with van der Waals surface area (Å²) in [7, 11) is 0. The van der Waals surface area contributed by atoms with Crippen molar-refractivity contribution in [2.75, 3.05) is 24.5 Å². The molecule has 1 aromatic rings. The minimum atomic E-state index is 0.600. The normalized spacial score (nSPS) is 25.2. The van der Waals surface area contributed by atoms with Gasteiger partial charge in [0.1, 0.15) is 0 Å². The Bertz CT molecular complexity index is 318. The summed E-state index contributed by atoms with van der Waals surface area (Å²) in [6.45, 7) is 3.65. The van der Waals surface area contributed by atoms with Crippen LogP contribution in [0.4, 0.5) is 5.69 Å². The first-order chi connectivity index (χ1) is 7.93. The van der Waals surface area contributed by atoms with Gasteiger partial charge in [0.25, 0.3) is 0 Å². The highest BCUT2D eigenvalue weighted by molar-refractivity contribution is 5.50. The summed E-state index contributed by atoms with van der Waals surface area (Å²) in [5, 5.41) is 3.57. The monoisotopic (exact) mass is 216 g/mol. The molecule has 1 aromatic carbocycles. The number of nitrogens with one attached hydrogen (secondary N) is 1. The average molecular weight is 216 g/mol. The van der Waals surface area contributed by atoms with Crippen LogP contribution in [-0.2, 0) is 0 Å². The van der Waals surface area contributed by atoms with Crippen LogP contribution in [0.15, 0.2) is 24.3 Å². The topological polar surface area (TPSA) is 15.3 Å². The molecule has 0 amide bonds. The third-order valence-corrected chi connectivity index (χ3v) is 3.80. The molecule has 2 heterocycles. The fourth-order valence-corrected chi connectivity index (χ4v) is 2.88. The second-order valence-electron chi connectivity index (χ2n) is 4.94. The van der Waals surface area contributed by atoms with Gasteiger partial charge in [-0.25, -0.2) is 0 Å². The highest BCUT2D eigenvalue weighted by atomic mass is 15.1. The molecule has 1 atom stereocenters. The molecule has 2 aliphatic heterocycles. The van der Waals surface area contributed by atoms with Crippen LogP contribution in [0, 0.1) is 0 Å². The maximum absolute atomic E-state index is 3.57. The van der Waals surface area contributed by atoms with E-state index in [-0.39, 0.29) is 0 Å². The van der Waals surface area contributed by atoms with Crippen molar-refractivity contribution >= 4 is 5.69 Å². The molecule has 2 aliphatic rings. The molecule has 0 aliphatic carbocycles. The molecule has 1 N–H and O–H groups in total. The van der Waals surface area contributed by atoms with Gasteiger partial charge in [0.05, 0.1) is 0 Å². The third kappa shape index (κ3) is 1.94. The summed E-state index contributed by atoms with van der Waals surface area (Å²) >= 11 is 0. The van der Waals surface area contributed by atoms with Gasteiger partial charge in [-0.3, -0.25) is 0 Å². The van der Waals surface area contributed by atoms with Gasteiger partial charge in [-0.2, -0.15) is 0 Å². The largest absolute Gasteiger partial charge is 0.372 e. The second-order valence-corrected chi connectivity index (χ2v) is 4.94. The van der Waals surface area contributed by atoms with Gasteiger partial charge in [0, 0.05) is 24.8 Å². The van der Waals surface area contributed by atoms with Crippen molar-refractivity contribution < 1.29 is 0 Å². The van der Waals surface area contributed by atoms with Crippen molar-refractivity contribution in [3.05, 3.63) is 29.8 Å². The summed E-state index contributed by atoms with van der Waals surface area (Å²) in [4.78, 5) is 2.51. The summed E-state index contributed by atoms with van der Waals surface area (Å²) in [5.74, 6) is 0. The van der Waals surface area contributed by atoms with E-state index in [9.17, 15) is 0 Å². The zero-order valence-corrected chi connectivity index (χ0v) is 9.78. The third-order valence-electron chi connectivity index (χ3n) is 3.80. The molecule has 16 heavy (non-hydrogen) atoms. The molecular formula is C14H20N2. The Labute approximate surface area is 97.6 Å². The van der Waals surface area contributed by atoms with Crippen LogP contribution in [0.1, 0.15) is 37.3 Å². The summed E-state index contributed by atoms with van der Waals surface area (Å²) in [5.41, 5.74) is 2.89. The maximum atomic E-state index is 3.57. The second kappa shape index (κ2) is 4.46. The number of hydrogen-bond donors (Lipinski definition) is 1. The minimum Gasteiger partial charge on any atom is -0.372 e. The zero-order chi connectivity index (χ0) is 10.8. The van der Waals surface area contributed by atoms with E-state index < -0.39 is 0 Å². The van der Waals surface area contributed by atoms with Gasteiger partial charge in [0.2, 0.25) is 0 Å². The molecule has 0 aromatic heterocycles. The van der Waals surface area contributed by atoms with Crippen molar-refractivity contribution in [1.29, 1.82) is 0 Å². The molecule has 0 bridgehead atoms. The Hall–Kier alpha value is -1.02. The predicted octanol–water partition coefficient (Wildman–Crippen LogP) is 2.71. The lowest BCUT2D eigenvalue weighted by atomic mass is 10.0. The molecular weight excluding hydrogens is 196 g/mol. The molecule has 0 saturated carbocycles. The standard InChI is InChI=1S/C14H20N2/c1-2-10-16(9-1)13-6-3-5-12(11-13)14-7-4-8-15-14/h3,5-6,11,14-15H,1-2,4,7-10H2. The zero-order valence-electron chi connectivity index (χ0n) is 9.78. The molecule has 2 fully saturated rings. The van der Waals surface area contributed by atoms with Gasteiger partial charge in [0.15, 0.2) is 0 Å². The van der Waals surface area contributed by atoms with Crippen LogP contribution >= 0.6 is 0 Å². The highest BCUT2D eigenvalue weighted by Crippen LogP contribution is 2.27.